The van der Waals surface area contributed by atoms with Gasteiger partial charge >= 0.3 is 0 Å². The van der Waals surface area contributed by atoms with Crippen LogP contribution in [0.25, 0.3) is 11.4 Å². The molecule has 4 heterocycles. The highest BCUT2D eigenvalue weighted by molar-refractivity contribution is 5.54. The topological polar surface area (TPSA) is 51.1 Å². The van der Waals surface area contributed by atoms with E-state index in [1.165, 1.54) is 16.8 Å². The van der Waals surface area contributed by atoms with Gasteiger partial charge in [0.2, 0.25) is 0 Å². The number of rotatable bonds is 3. The normalized spacial score (nSPS) is 21.8. The third-order valence-electron chi connectivity index (χ3n) is 6.01. The van der Waals surface area contributed by atoms with Gasteiger partial charge in [0.15, 0.2) is 5.82 Å². The molecule has 2 aromatic heterocycles. The van der Waals surface area contributed by atoms with E-state index in [0.717, 1.165) is 49.6 Å². The predicted molar refractivity (Wildman–Crippen MR) is 108 cm³/mol. The molecule has 1 fully saturated rings. The van der Waals surface area contributed by atoms with Gasteiger partial charge in [-0.05, 0) is 43.1 Å². The van der Waals surface area contributed by atoms with Gasteiger partial charge < -0.3 is 4.74 Å². The summed E-state index contributed by atoms with van der Waals surface area (Å²) in [5.74, 6) is 0.755. The van der Waals surface area contributed by atoms with Gasteiger partial charge in [0, 0.05) is 42.8 Å². The highest BCUT2D eigenvalue weighted by Gasteiger charge is 2.44. The van der Waals surface area contributed by atoms with Crippen LogP contribution < -0.4 is 0 Å². The Balaban J connectivity index is 1.45. The third-order valence-corrected chi connectivity index (χ3v) is 6.01. The van der Waals surface area contributed by atoms with Crippen molar-refractivity contribution in [1.29, 1.82) is 0 Å². The summed E-state index contributed by atoms with van der Waals surface area (Å²) in [7, 11) is 0. The zero-order chi connectivity index (χ0) is 19.0. The molecule has 0 N–H and O–H groups in total. The van der Waals surface area contributed by atoms with Crippen LogP contribution in [0.3, 0.4) is 0 Å². The van der Waals surface area contributed by atoms with Gasteiger partial charge in [0.25, 0.3) is 0 Å². The van der Waals surface area contributed by atoms with Crippen molar-refractivity contribution in [2.75, 3.05) is 19.7 Å². The van der Waals surface area contributed by atoms with E-state index in [1.54, 1.807) is 6.20 Å². The first-order valence-electron chi connectivity index (χ1n) is 9.85. The molecule has 1 atom stereocenters. The van der Waals surface area contributed by atoms with Crippen molar-refractivity contribution < 1.29 is 4.74 Å². The molecule has 1 aromatic carbocycles. The zero-order valence-corrected chi connectivity index (χ0v) is 16.1. The summed E-state index contributed by atoms with van der Waals surface area (Å²) >= 11 is 0. The molecule has 0 radical (unpaired) electrons. The quantitative estimate of drug-likeness (QED) is 0.704. The van der Waals surface area contributed by atoms with Gasteiger partial charge in [-0.15, -0.1) is 0 Å². The molecular formula is C23H24N4O. The van der Waals surface area contributed by atoms with Crippen LogP contribution in [0.2, 0.25) is 0 Å². The SMILES string of the molecule is Cc1ccccc1CN1CCC2(COCc3cnc(-c4cccnc4)nc32)C1. The van der Waals surface area contributed by atoms with E-state index in [2.05, 4.69) is 46.1 Å². The van der Waals surface area contributed by atoms with Crippen LogP contribution in [0.4, 0.5) is 0 Å². The summed E-state index contributed by atoms with van der Waals surface area (Å²) in [6, 6.07) is 12.6. The molecule has 5 heteroatoms. The monoisotopic (exact) mass is 372 g/mol. The van der Waals surface area contributed by atoms with Crippen LogP contribution >= 0.6 is 0 Å². The number of aryl methyl sites for hydroxylation is 1. The minimum absolute atomic E-state index is 0.0455. The second-order valence-corrected chi connectivity index (χ2v) is 7.97. The summed E-state index contributed by atoms with van der Waals surface area (Å²) in [6.45, 7) is 6.52. The molecule has 2 aliphatic rings. The van der Waals surface area contributed by atoms with Crippen LogP contribution in [-0.2, 0) is 23.3 Å². The van der Waals surface area contributed by atoms with Crippen molar-refractivity contribution in [2.45, 2.75) is 31.9 Å². The Morgan fingerprint density at radius 1 is 1.14 bits per heavy atom. The van der Waals surface area contributed by atoms with E-state index in [4.69, 9.17) is 9.72 Å². The molecule has 2 aliphatic heterocycles. The average Bonchev–Trinajstić information content (AvgIpc) is 3.14. The molecule has 28 heavy (non-hydrogen) atoms. The highest BCUT2D eigenvalue weighted by Crippen LogP contribution is 2.40. The fraction of sp³-hybridized carbons (Fsp3) is 0.348. The van der Waals surface area contributed by atoms with Crippen LogP contribution in [0.1, 0.15) is 28.8 Å². The number of pyridine rings is 1. The molecule has 3 aromatic rings. The van der Waals surface area contributed by atoms with Gasteiger partial charge in [-0.25, -0.2) is 9.97 Å². The maximum absolute atomic E-state index is 5.98. The van der Waals surface area contributed by atoms with E-state index in [0.29, 0.717) is 6.61 Å². The van der Waals surface area contributed by atoms with Crippen molar-refractivity contribution in [3.8, 4) is 11.4 Å². The lowest BCUT2D eigenvalue weighted by Gasteiger charge is -2.34. The van der Waals surface area contributed by atoms with Crippen molar-refractivity contribution in [3.05, 3.63) is 77.4 Å². The van der Waals surface area contributed by atoms with Gasteiger partial charge in [-0.1, -0.05) is 24.3 Å². The molecule has 142 valence electrons. The summed E-state index contributed by atoms with van der Waals surface area (Å²) in [5.41, 5.74) is 5.95. The first-order valence-corrected chi connectivity index (χ1v) is 9.85. The van der Waals surface area contributed by atoms with Crippen LogP contribution in [0.5, 0.6) is 0 Å². The molecule has 0 bridgehead atoms. The Hall–Kier alpha value is -2.63. The van der Waals surface area contributed by atoms with E-state index in [1.807, 2.05) is 24.5 Å². The van der Waals surface area contributed by atoms with Crippen molar-refractivity contribution >= 4 is 0 Å². The molecule has 0 saturated carbocycles. The van der Waals surface area contributed by atoms with Crippen molar-refractivity contribution in [1.82, 2.24) is 19.9 Å². The lowest BCUT2D eigenvalue weighted by atomic mass is 9.80. The van der Waals surface area contributed by atoms with Crippen LogP contribution in [0.15, 0.2) is 55.0 Å². The summed E-state index contributed by atoms with van der Waals surface area (Å²) < 4.78 is 5.98. The fourth-order valence-electron chi connectivity index (χ4n) is 4.46. The number of ether oxygens (including phenoxy) is 1. The van der Waals surface area contributed by atoms with E-state index >= 15 is 0 Å². The number of nitrogens with zero attached hydrogens (tertiary/aromatic N) is 4. The molecule has 0 amide bonds. The Morgan fingerprint density at radius 3 is 2.93 bits per heavy atom. The second-order valence-electron chi connectivity index (χ2n) is 7.97. The van der Waals surface area contributed by atoms with Crippen LogP contribution in [-0.4, -0.2) is 39.5 Å². The lowest BCUT2D eigenvalue weighted by Crippen LogP contribution is -2.40. The zero-order valence-electron chi connectivity index (χ0n) is 16.1. The number of likely N-dealkylation sites (tertiary alicyclic amines) is 1. The molecule has 1 spiro atoms. The molecule has 1 saturated heterocycles. The molecular weight excluding hydrogens is 348 g/mol. The first-order chi connectivity index (χ1) is 13.7. The second kappa shape index (κ2) is 7.08. The number of hydrogen-bond donors (Lipinski definition) is 0. The van der Waals surface area contributed by atoms with Crippen LogP contribution in [0, 0.1) is 6.92 Å². The highest BCUT2D eigenvalue weighted by atomic mass is 16.5. The van der Waals surface area contributed by atoms with Crippen molar-refractivity contribution in [2.24, 2.45) is 0 Å². The average molecular weight is 372 g/mol. The summed E-state index contributed by atoms with van der Waals surface area (Å²) in [4.78, 5) is 16.3. The summed E-state index contributed by atoms with van der Waals surface area (Å²) in [5, 5.41) is 0. The molecule has 0 aliphatic carbocycles. The first kappa shape index (κ1) is 17.5. The Kier molecular flexibility index (Phi) is 4.41. The minimum atomic E-state index is -0.0455. The number of hydrogen-bond acceptors (Lipinski definition) is 5. The standard InChI is InChI=1S/C23H24N4O/c1-17-5-2-3-6-19(17)13-27-10-8-23(15-27)16-28-14-20-12-25-22(26-21(20)23)18-7-4-9-24-11-18/h2-7,9,11-12H,8,10,13-16H2,1H3. The number of aromatic nitrogens is 3. The predicted octanol–water partition coefficient (Wildman–Crippen LogP) is 3.52. The van der Waals surface area contributed by atoms with Gasteiger partial charge in [0.1, 0.15) is 0 Å². The third kappa shape index (κ3) is 3.11. The Morgan fingerprint density at radius 2 is 2.07 bits per heavy atom. The van der Waals surface area contributed by atoms with Crippen molar-refractivity contribution in [3.63, 3.8) is 0 Å². The van der Waals surface area contributed by atoms with Gasteiger partial charge in [-0.3, -0.25) is 9.88 Å². The molecule has 5 nitrogen and oxygen atoms in total. The number of fused-ring (bicyclic) bond motifs is 2. The summed E-state index contributed by atoms with van der Waals surface area (Å²) in [6.07, 6.45) is 6.61. The smallest absolute Gasteiger partial charge is 0.160 e. The Bertz CT molecular complexity index is 991. The largest absolute Gasteiger partial charge is 0.376 e. The molecule has 5 rings (SSSR count). The minimum Gasteiger partial charge on any atom is -0.376 e. The lowest BCUT2D eigenvalue weighted by molar-refractivity contribution is 0.0503. The number of benzene rings is 1. The maximum atomic E-state index is 5.98. The van der Waals surface area contributed by atoms with E-state index in [9.17, 15) is 0 Å². The Labute approximate surface area is 165 Å². The van der Waals surface area contributed by atoms with E-state index in [-0.39, 0.29) is 5.41 Å². The van der Waals surface area contributed by atoms with Gasteiger partial charge in [0.05, 0.1) is 24.3 Å². The van der Waals surface area contributed by atoms with E-state index < -0.39 is 0 Å². The molecule has 1 unspecified atom stereocenters. The fourth-order valence-corrected chi connectivity index (χ4v) is 4.46. The maximum Gasteiger partial charge on any atom is 0.160 e. The van der Waals surface area contributed by atoms with Gasteiger partial charge in [-0.2, -0.15) is 0 Å².